The summed E-state index contributed by atoms with van der Waals surface area (Å²) in [4.78, 5) is 11.8. The van der Waals surface area contributed by atoms with E-state index in [0.717, 1.165) is 24.3 Å². The van der Waals surface area contributed by atoms with E-state index in [1.54, 1.807) is 31.4 Å². The van der Waals surface area contributed by atoms with Crippen LogP contribution in [0.3, 0.4) is 0 Å². The van der Waals surface area contributed by atoms with E-state index in [4.69, 9.17) is 14.7 Å². The lowest BCUT2D eigenvalue weighted by molar-refractivity contribution is -0.123. The van der Waals surface area contributed by atoms with Gasteiger partial charge in [-0.15, -0.1) is 0 Å². The molecule has 0 spiro atoms. The van der Waals surface area contributed by atoms with Gasteiger partial charge in [-0.2, -0.15) is 10.4 Å². The van der Waals surface area contributed by atoms with Gasteiger partial charge < -0.3 is 9.47 Å². The number of carbonyl (C=O) groups is 1. The average molecular weight is 351 g/mol. The van der Waals surface area contributed by atoms with Gasteiger partial charge in [0.25, 0.3) is 5.91 Å². The average Bonchev–Trinajstić information content (AvgIpc) is 2.69. The number of nitriles is 1. The van der Waals surface area contributed by atoms with Crippen molar-refractivity contribution in [2.75, 3.05) is 13.7 Å². The predicted octanol–water partition coefficient (Wildman–Crippen LogP) is 3.07. The third kappa shape index (κ3) is 5.95. The van der Waals surface area contributed by atoms with Gasteiger partial charge in [0.1, 0.15) is 17.6 Å². The largest absolute Gasteiger partial charge is 0.497 e. The molecule has 0 saturated heterocycles. The van der Waals surface area contributed by atoms with Crippen molar-refractivity contribution < 1.29 is 14.3 Å². The van der Waals surface area contributed by atoms with E-state index in [-0.39, 0.29) is 12.5 Å². The number of aryl methyl sites for hydroxylation is 1. The van der Waals surface area contributed by atoms with E-state index in [1.165, 1.54) is 5.56 Å². The fraction of sp³-hybridized carbons (Fsp3) is 0.250. The lowest BCUT2D eigenvalue weighted by Gasteiger charge is -2.07. The van der Waals surface area contributed by atoms with Crippen LogP contribution < -0.4 is 14.9 Å². The summed E-state index contributed by atoms with van der Waals surface area (Å²) in [7, 11) is 1.64. The van der Waals surface area contributed by atoms with Crippen LogP contribution in [-0.2, 0) is 11.2 Å². The van der Waals surface area contributed by atoms with Crippen molar-refractivity contribution in [2.24, 2.45) is 5.10 Å². The van der Waals surface area contributed by atoms with Crippen molar-refractivity contribution in [3.8, 4) is 17.6 Å². The summed E-state index contributed by atoms with van der Waals surface area (Å²) in [5.74, 6) is 0.830. The summed E-state index contributed by atoms with van der Waals surface area (Å²) in [6, 6.07) is 16.6. The van der Waals surface area contributed by atoms with Gasteiger partial charge in [-0.3, -0.25) is 4.79 Å². The van der Waals surface area contributed by atoms with Crippen molar-refractivity contribution >= 4 is 11.6 Å². The number of rotatable bonds is 8. The fourth-order valence-corrected chi connectivity index (χ4v) is 2.19. The number of nitrogens with zero attached hydrogens (tertiary/aromatic N) is 2. The number of methoxy groups -OCH3 is 1. The zero-order valence-electron chi connectivity index (χ0n) is 14.9. The molecule has 0 heterocycles. The fourth-order valence-electron chi connectivity index (χ4n) is 2.19. The van der Waals surface area contributed by atoms with Gasteiger partial charge in [-0.05, 0) is 49.6 Å². The molecule has 0 bridgehead atoms. The highest BCUT2D eigenvalue weighted by Gasteiger charge is 2.06. The molecule has 0 radical (unpaired) electrons. The van der Waals surface area contributed by atoms with Gasteiger partial charge in [-0.25, -0.2) is 5.43 Å². The lowest BCUT2D eigenvalue weighted by atomic mass is 10.1. The van der Waals surface area contributed by atoms with E-state index in [0.29, 0.717) is 11.3 Å². The Morgan fingerprint density at radius 3 is 2.62 bits per heavy atom. The number of hydrogen-bond acceptors (Lipinski definition) is 5. The summed E-state index contributed by atoms with van der Waals surface area (Å²) in [5.41, 5.74) is 4.84. The molecule has 0 unspecified atom stereocenters. The Kier molecular flexibility index (Phi) is 7.19. The zero-order chi connectivity index (χ0) is 18.8. The first kappa shape index (κ1) is 19.0. The lowest BCUT2D eigenvalue weighted by Crippen LogP contribution is -2.25. The quantitative estimate of drug-likeness (QED) is 0.585. The molecule has 134 valence electrons. The second-order valence-electron chi connectivity index (χ2n) is 5.63. The maximum atomic E-state index is 11.8. The second-order valence-corrected chi connectivity index (χ2v) is 5.63. The van der Waals surface area contributed by atoms with E-state index in [1.807, 2.05) is 37.3 Å². The molecule has 0 fully saturated rings. The van der Waals surface area contributed by atoms with E-state index >= 15 is 0 Å². The van der Waals surface area contributed by atoms with E-state index in [9.17, 15) is 4.79 Å². The first-order chi connectivity index (χ1) is 12.6. The summed E-state index contributed by atoms with van der Waals surface area (Å²) < 4.78 is 10.5. The summed E-state index contributed by atoms with van der Waals surface area (Å²) in [6.45, 7) is 1.66. The van der Waals surface area contributed by atoms with Crippen LogP contribution in [0.5, 0.6) is 11.5 Å². The molecule has 1 N–H and O–H groups in total. The molecule has 2 aromatic carbocycles. The molecule has 0 saturated carbocycles. The molecule has 1 amide bonds. The van der Waals surface area contributed by atoms with Crippen LogP contribution in [0.1, 0.15) is 24.5 Å². The summed E-state index contributed by atoms with van der Waals surface area (Å²) >= 11 is 0. The minimum absolute atomic E-state index is 0.200. The molecule has 6 heteroatoms. The van der Waals surface area contributed by atoms with Gasteiger partial charge in [-0.1, -0.05) is 24.3 Å². The number of hydrazone groups is 1. The van der Waals surface area contributed by atoms with Crippen LogP contribution in [0.4, 0.5) is 0 Å². The Morgan fingerprint density at radius 2 is 1.92 bits per heavy atom. The molecule has 2 aromatic rings. The Morgan fingerprint density at radius 1 is 1.19 bits per heavy atom. The maximum Gasteiger partial charge on any atom is 0.277 e. The Hall–Kier alpha value is -3.33. The van der Waals surface area contributed by atoms with Crippen molar-refractivity contribution in [3.63, 3.8) is 0 Å². The molecule has 0 aromatic heterocycles. The first-order valence-electron chi connectivity index (χ1n) is 8.19. The van der Waals surface area contributed by atoms with Crippen molar-refractivity contribution in [2.45, 2.75) is 19.8 Å². The number of ether oxygens (including phenoxy) is 2. The number of amides is 1. The highest BCUT2D eigenvalue weighted by atomic mass is 16.5. The van der Waals surface area contributed by atoms with E-state index in [2.05, 4.69) is 10.5 Å². The Bertz CT molecular complexity index is 808. The molecule has 0 aliphatic carbocycles. The number of benzene rings is 2. The van der Waals surface area contributed by atoms with Gasteiger partial charge in [0, 0.05) is 5.71 Å². The molecule has 26 heavy (non-hydrogen) atoms. The highest BCUT2D eigenvalue weighted by Crippen LogP contribution is 2.16. The SMILES string of the molecule is COc1ccc(CC/C(C)=N\NC(=O)COc2ccccc2C#N)cc1. The molecule has 0 aliphatic rings. The molecular formula is C20H21N3O3. The monoisotopic (exact) mass is 351 g/mol. The highest BCUT2D eigenvalue weighted by molar-refractivity contribution is 5.85. The molecule has 0 aliphatic heterocycles. The third-order valence-corrected chi connectivity index (χ3v) is 3.67. The van der Waals surface area contributed by atoms with Gasteiger partial charge in [0.15, 0.2) is 6.61 Å². The first-order valence-corrected chi connectivity index (χ1v) is 8.19. The Balaban J connectivity index is 1.76. The number of carbonyl (C=O) groups excluding carboxylic acids is 1. The second kappa shape index (κ2) is 9.84. The maximum absolute atomic E-state index is 11.8. The number of para-hydroxylation sites is 1. The van der Waals surface area contributed by atoms with Crippen LogP contribution in [-0.4, -0.2) is 25.3 Å². The standard InChI is InChI=1S/C20H21N3O3/c1-15(7-8-16-9-11-18(25-2)12-10-16)22-23-20(24)14-26-19-6-4-3-5-17(19)13-21/h3-6,9-12H,7-8,14H2,1-2H3,(H,23,24)/b22-15-. The van der Waals surface area contributed by atoms with Gasteiger partial charge in [0.05, 0.1) is 12.7 Å². The minimum atomic E-state index is -0.374. The summed E-state index contributed by atoms with van der Waals surface area (Å²) in [5, 5.41) is 13.1. The van der Waals surface area contributed by atoms with E-state index < -0.39 is 0 Å². The van der Waals surface area contributed by atoms with Gasteiger partial charge >= 0.3 is 0 Å². The van der Waals surface area contributed by atoms with Crippen molar-refractivity contribution in [1.82, 2.24) is 5.43 Å². The smallest absolute Gasteiger partial charge is 0.277 e. The van der Waals surface area contributed by atoms with Crippen molar-refractivity contribution in [3.05, 3.63) is 59.7 Å². The predicted molar refractivity (Wildman–Crippen MR) is 99.2 cm³/mol. The van der Waals surface area contributed by atoms with Crippen LogP contribution in [0.2, 0.25) is 0 Å². The molecule has 6 nitrogen and oxygen atoms in total. The van der Waals surface area contributed by atoms with Crippen LogP contribution in [0, 0.1) is 11.3 Å². The number of nitrogens with one attached hydrogen (secondary N) is 1. The van der Waals surface area contributed by atoms with Crippen LogP contribution in [0.25, 0.3) is 0 Å². The van der Waals surface area contributed by atoms with Crippen LogP contribution in [0.15, 0.2) is 53.6 Å². The zero-order valence-corrected chi connectivity index (χ0v) is 14.9. The third-order valence-electron chi connectivity index (χ3n) is 3.67. The normalized spacial score (nSPS) is 10.7. The molecule has 0 atom stereocenters. The van der Waals surface area contributed by atoms with Gasteiger partial charge in [0.2, 0.25) is 0 Å². The van der Waals surface area contributed by atoms with Crippen molar-refractivity contribution in [1.29, 1.82) is 5.26 Å². The minimum Gasteiger partial charge on any atom is -0.497 e. The number of hydrogen-bond donors (Lipinski definition) is 1. The topological polar surface area (TPSA) is 83.7 Å². The van der Waals surface area contributed by atoms with Crippen LogP contribution >= 0.6 is 0 Å². The molecular weight excluding hydrogens is 330 g/mol. The Labute approximate surface area is 153 Å². The summed E-state index contributed by atoms with van der Waals surface area (Å²) in [6.07, 6.45) is 1.55. The molecule has 2 rings (SSSR count).